The van der Waals surface area contributed by atoms with E-state index in [-0.39, 0.29) is 6.79 Å². The molecule has 0 aliphatic heterocycles. The van der Waals surface area contributed by atoms with Gasteiger partial charge in [0, 0.05) is 11.8 Å². The van der Waals surface area contributed by atoms with E-state index in [1.54, 1.807) is 7.11 Å². The van der Waals surface area contributed by atoms with Crippen LogP contribution < -0.4 is 4.74 Å². The molecular formula is C11H10O3S. The largest absolute Gasteiger partial charge is 0.468 e. The second kappa shape index (κ2) is 4.42. The minimum absolute atomic E-state index is 0.232. The van der Waals surface area contributed by atoms with Gasteiger partial charge >= 0.3 is 0 Å². The van der Waals surface area contributed by atoms with Crippen molar-refractivity contribution in [3.05, 3.63) is 29.1 Å². The van der Waals surface area contributed by atoms with E-state index in [1.165, 1.54) is 11.3 Å². The zero-order valence-electron chi connectivity index (χ0n) is 8.23. The molecular weight excluding hydrogens is 212 g/mol. The normalized spacial score (nSPS) is 10.5. The highest BCUT2D eigenvalue weighted by molar-refractivity contribution is 7.20. The molecule has 0 saturated heterocycles. The van der Waals surface area contributed by atoms with Crippen LogP contribution in [0.4, 0.5) is 0 Å². The van der Waals surface area contributed by atoms with Crippen molar-refractivity contribution in [2.45, 2.75) is 0 Å². The topological polar surface area (TPSA) is 35.5 Å². The number of benzene rings is 1. The quantitative estimate of drug-likeness (QED) is 0.589. The molecule has 0 aliphatic rings. The number of rotatable bonds is 4. The Morgan fingerprint density at radius 3 is 3.00 bits per heavy atom. The van der Waals surface area contributed by atoms with Gasteiger partial charge in [-0.1, -0.05) is 0 Å². The van der Waals surface area contributed by atoms with Crippen molar-refractivity contribution in [1.29, 1.82) is 0 Å². The van der Waals surface area contributed by atoms with Crippen molar-refractivity contribution in [1.82, 2.24) is 0 Å². The lowest BCUT2D eigenvalue weighted by Gasteiger charge is -2.03. The Morgan fingerprint density at radius 2 is 2.27 bits per heavy atom. The second-order valence-corrected chi connectivity index (χ2v) is 4.13. The zero-order valence-corrected chi connectivity index (χ0v) is 9.04. The fraction of sp³-hybridized carbons (Fsp3) is 0.182. The van der Waals surface area contributed by atoms with E-state index in [2.05, 4.69) is 0 Å². The molecule has 0 bridgehead atoms. The van der Waals surface area contributed by atoms with E-state index in [0.717, 1.165) is 27.0 Å². The van der Waals surface area contributed by atoms with Crippen LogP contribution in [0, 0.1) is 0 Å². The lowest BCUT2D eigenvalue weighted by Crippen LogP contribution is -1.98. The molecule has 0 unspecified atom stereocenters. The lowest BCUT2D eigenvalue weighted by atomic mass is 10.2. The van der Waals surface area contributed by atoms with Gasteiger partial charge in [-0.05, 0) is 29.7 Å². The average molecular weight is 222 g/mol. The number of hydrogen-bond donors (Lipinski definition) is 0. The maximum atomic E-state index is 10.6. The molecule has 0 saturated carbocycles. The van der Waals surface area contributed by atoms with E-state index in [0.29, 0.717) is 0 Å². The summed E-state index contributed by atoms with van der Waals surface area (Å²) in [4.78, 5) is 11.3. The summed E-state index contributed by atoms with van der Waals surface area (Å²) in [5.74, 6) is 0.750. The highest BCUT2D eigenvalue weighted by atomic mass is 32.1. The molecule has 1 aromatic carbocycles. The summed E-state index contributed by atoms with van der Waals surface area (Å²) < 4.78 is 11.2. The third kappa shape index (κ3) is 2.16. The molecule has 0 amide bonds. The van der Waals surface area contributed by atoms with Gasteiger partial charge < -0.3 is 9.47 Å². The summed E-state index contributed by atoms with van der Waals surface area (Å²) in [6.07, 6.45) is 0.861. The van der Waals surface area contributed by atoms with Crippen molar-refractivity contribution in [2.24, 2.45) is 0 Å². The van der Waals surface area contributed by atoms with Gasteiger partial charge in [0.25, 0.3) is 0 Å². The van der Waals surface area contributed by atoms with E-state index >= 15 is 0 Å². The molecule has 15 heavy (non-hydrogen) atoms. The van der Waals surface area contributed by atoms with Crippen LogP contribution in [0.5, 0.6) is 5.75 Å². The van der Waals surface area contributed by atoms with Crippen LogP contribution in [-0.2, 0) is 4.74 Å². The number of carbonyl (C=O) groups excluding carboxylic acids is 1. The molecule has 1 aromatic heterocycles. The first kappa shape index (κ1) is 10.1. The summed E-state index contributed by atoms with van der Waals surface area (Å²) in [6.45, 7) is 0.232. The number of carbonyl (C=O) groups is 1. The Kier molecular flexibility index (Phi) is 2.99. The van der Waals surface area contributed by atoms with E-state index in [1.807, 2.05) is 24.3 Å². The maximum Gasteiger partial charge on any atom is 0.188 e. The fourth-order valence-electron chi connectivity index (χ4n) is 1.32. The SMILES string of the molecule is COCOc1ccc2sc(C=O)cc2c1. The summed E-state index contributed by atoms with van der Waals surface area (Å²) in [5, 5.41) is 1.02. The average Bonchev–Trinajstić information content (AvgIpc) is 2.68. The Hall–Kier alpha value is -1.39. The number of methoxy groups -OCH3 is 1. The highest BCUT2D eigenvalue weighted by Crippen LogP contribution is 2.28. The Labute approximate surface area is 91.2 Å². The smallest absolute Gasteiger partial charge is 0.188 e. The predicted molar refractivity (Wildman–Crippen MR) is 59.7 cm³/mol. The van der Waals surface area contributed by atoms with Gasteiger partial charge in [0.2, 0.25) is 0 Å². The number of ether oxygens (including phenoxy) is 2. The van der Waals surface area contributed by atoms with E-state index in [4.69, 9.17) is 9.47 Å². The summed E-state index contributed by atoms with van der Waals surface area (Å²) in [5.41, 5.74) is 0. The van der Waals surface area contributed by atoms with Gasteiger partial charge in [0.1, 0.15) is 5.75 Å². The molecule has 0 radical (unpaired) electrons. The van der Waals surface area contributed by atoms with Crippen LogP contribution in [-0.4, -0.2) is 20.2 Å². The number of fused-ring (bicyclic) bond motifs is 1. The van der Waals surface area contributed by atoms with Crippen LogP contribution in [0.3, 0.4) is 0 Å². The zero-order chi connectivity index (χ0) is 10.7. The summed E-state index contributed by atoms with van der Waals surface area (Å²) >= 11 is 1.47. The monoisotopic (exact) mass is 222 g/mol. The molecule has 0 atom stereocenters. The van der Waals surface area contributed by atoms with E-state index in [9.17, 15) is 4.79 Å². The third-order valence-electron chi connectivity index (χ3n) is 1.97. The Bertz CT molecular complexity index is 476. The molecule has 0 spiro atoms. The summed E-state index contributed by atoms with van der Waals surface area (Å²) in [7, 11) is 1.58. The van der Waals surface area contributed by atoms with Crippen molar-refractivity contribution < 1.29 is 14.3 Å². The maximum absolute atomic E-state index is 10.6. The van der Waals surface area contributed by atoms with Crippen LogP contribution in [0.2, 0.25) is 0 Å². The van der Waals surface area contributed by atoms with Crippen LogP contribution in [0.25, 0.3) is 10.1 Å². The first-order valence-corrected chi connectivity index (χ1v) is 5.25. The fourth-order valence-corrected chi connectivity index (χ4v) is 2.18. The molecule has 2 aromatic rings. The molecule has 4 heteroatoms. The van der Waals surface area contributed by atoms with Crippen molar-refractivity contribution >= 4 is 27.7 Å². The lowest BCUT2D eigenvalue weighted by molar-refractivity contribution is 0.0512. The standard InChI is InChI=1S/C11H10O3S/c1-13-7-14-9-2-3-11-8(4-9)5-10(6-12)15-11/h2-6H,7H2,1H3. The van der Waals surface area contributed by atoms with E-state index < -0.39 is 0 Å². The highest BCUT2D eigenvalue weighted by Gasteiger charge is 2.02. The van der Waals surface area contributed by atoms with Gasteiger partial charge in [-0.3, -0.25) is 4.79 Å². The second-order valence-electron chi connectivity index (χ2n) is 3.02. The number of hydrogen-bond acceptors (Lipinski definition) is 4. The van der Waals surface area contributed by atoms with Gasteiger partial charge in [-0.25, -0.2) is 0 Å². The molecule has 78 valence electrons. The molecule has 1 heterocycles. The first-order chi connectivity index (χ1) is 7.33. The van der Waals surface area contributed by atoms with Gasteiger partial charge in [-0.2, -0.15) is 0 Å². The Morgan fingerprint density at radius 1 is 1.40 bits per heavy atom. The third-order valence-corrected chi connectivity index (χ3v) is 3.01. The number of aldehydes is 1. The molecule has 0 N–H and O–H groups in total. The van der Waals surface area contributed by atoms with Crippen LogP contribution in [0.1, 0.15) is 9.67 Å². The Balaban J connectivity index is 2.33. The van der Waals surface area contributed by atoms with Gasteiger partial charge in [-0.15, -0.1) is 11.3 Å². The first-order valence-electron chi connectivity index (χ1n) is 4.44. The van der Waals surface area contributed by atoms with Gasteiger partial charge in [0.15, 0.2) is 13.1 Å². The molecule has 3 nitrogen and oxygen atoms in total. The minimum atomic E-state index is 0.232. The minimum Gasteiger partial charge on any atom is -0.468 e. The van der Waals surface area contributed by atoms with Crippen molar-refractivity contribution in [3.63, 3.8) is 0 Å². The van der Waals surface area contributed by atoms with Crippen molar-refractivity contribution in [2.75, 3.05) is 13.9 Å². The molecule has 2 rings (SSSR count). The summed E-state index contributed by atoms with van der Waals surface area (Å²) in [6, 6.07) is 7.56. The van der Waals surface area contributed by atoms with Gasteiger partial charge in [0.05, 0.1) is 4.88 Å². The van der Waals surface area contributed by atoms with Crippen molar-refractivity contribution in [3.8, 4) is 5.75 Å². The molecule has 0 aliphatic carbocycles. The number of thiophene rings is 1. The van der Waals surface area contributed by atoms with Crippen LogP contribution in [0.15, 0.2) is 24.3 Å². The predicted octanol–water partition coefficient (Wildman–Crippen LogP) is 2.70. The van der Waals surface area contributed by atoms with Crippen LogP contribution >= 0.6 is 11.3 Å². The molecule has 0 fully saturated rings.